The second-order valence-corrected chi connectivity index (χ2v) is 0. The second kappa shape index (κ2) is 25.4. The summed E-state index contributed by atoms with van der Waals surface area (Å²) in [5, 5.41) is 0. The van der Waals surface area contributed by atoms with Crippen LogP contribution in [0.15, 0.2) is 0 Å². The van der Waals surface area contributed by atoms with Crippen molar-refractivity contribution in [3.63, 3.8) is 0 Å². The molecule has 0 heterocycles. The maximum Gasteiger partial charge on any atom is -0.107 e. The van der Waals surface area contributed by atoms with E-state index in [1.165, 1.54) is 0 Å². The average Bonchev–Trinajstić information content (AvgIpc) is 0. The van der Waals surface area contributed by atoms with Gasteiger partial charge in [0.1, 0.15) is 0 Å². The molecule has 0 bridgehead atoms. The summed E-state index contributed by atoms with van der Waals surface area (Å²) in [6.07, 6.45) is 0. The molecule has 0 aromatic carbocycles. The van der Waals surface area contributed by atoms with Gasteiger partial charge in [-0.3, -0.25) is 0 Å². The molecule has 5 heteroatoms. The van der Waals surface area contributed by atoms with Crippen molar-refractivity contribution in [2.45, 2.75) is 0 Å². The van der Waals surface area contributed by atoms with Crippen LogP contribution in [-0.4, -0.2) is 0 Å². The van der Waals surface area contributed by atoms with E-state index in [0.29, 0.717) is 0 Å². The van der Waals surface area contributed by atoms with Crippen LogP contribution in [0.5, 0.6) is 0 Å². The minimum Gasteiger partial charge on any atom is -0.107 e. The van der Waals surface area contributed by atoms with Crippen molar-refractivity contribution in [3.05, 3.63) is 0 Å². The minimum atomic E-state index is 0. The van der Waals surface area contributed by atoms with Crippen LogP contribution in [0.2, 0.25) is 0 Å². The van der Waals surface area contributed by atoms with Gasteiger partial charge in [-0.05, 0) is 0 Å². The van der Waals surface area contributed by atoms with Crippen molar-refractivity contribution in [1.29, 1.82) is 0 Å². The second-order valence-electron chi connectivity index (χ2n) is 0. The van der Waals surface area contributed by atoms with Gasteiger partial charge >= 0.3 is 0 Å². The first-order valence-electron chi connectivity index (χ1n) is 0. The van der Waals surface area contributed by atoms with Gasteiger partial charge in [0.25, 0.3) is 0 Å². The molecule has 0 aliphatic heterocycles. The predicted molar refractivity (Wildman–Crippen MR) is 77.1 cm³/mol. The van der Waals surface area contributed by atoms with E-state index in [-0.39, 0.29) is 120 Å². The topological polar surface area (TPSA) is 0 Å². The lowest BCUT2D eigenvalue weighted by Crippen LogP contribution is 0.885. The summed E-state index contributed by atoms with van der Waals surface area (Å²) in [6.45, 7) is 0. The standard InChI is InChI=1S/5HI/h5*1H. The van der Waals surface area contributed by atoms with Crippen LogP contribution in [-0.2, 0) is 0 Å². The van der Waals surface area contributed by atoms with E-state index in [0.717, 1.165) is 0 Å². The molecule has 0 N–H and O–H groups in total. The number of halogens is 5. The van der Waals surface area contributed by atoms with Crippen LogP contribution in [0.25, 0.3) is 0 Å². The molecule has 0 aliphatic rings. The largest absolute Gasteiger partial charge is 0.107 e. The maximum absolute atomic E-state index is 0. The van der Waals surface area contributed by atoms with E-state index in [1.807, 2.05) is 0 Å². The molecule has 0 amide bonds. The molecule has 40 valence electrons. The highest BCUT2D eigenvalue weighted by Crippen LogP contribution is 0.890. The molecule has 0 aromatic heterocycles. The van der Waals surface area contributed by atoms with Crippen LogP contribution < -0.4 is 0 Å². The van der Waals surface area contributed by atoms with Crippen LogP contribution in [0.4, 0.5) is 0 Å². The Balaban J connectivity index is 0. The smallest absolute Gasteiger partial charge is 0.107 e. The fraction of sp³-hybridized carbons (Fsp3) is 0. The third-order valence-corrected chi connectivity index (χ3v) is 0. The molecule has 0 aromatic rings. The van der Waals surface area contributed by atoms with Crippen molar-refractivity contribution in [2.75, 3.05) is 0 Å². The number of rotatable bonds is 0. The Hall–Kier alpha value is 3.65. The monoisotopic (exact) mass is 640 g/mol. The summed E-state index contributed by atoms with van der Waals surface area (Å²) in [5.41, 5.74) is 0. The molecule has 0 saturated heterocycles. The predicted octanol–water partition coefficient (Wildman–Crippen LogP) is 3.09. The molecule has 0 rings (SSSR count). The molecule has 0 fully saturated rings. The molecule has 0 unspecified atom stereocenters. The fourth-order valence-corrected chi connectivity index (χ4v) is 0. The van der Waals surface area contributed by atoms with E-state index >= 15 is 0 Å². The van der Waals surface area contributed by atoms with Gasteiger partial charge in [0.2, 0.25) is 0 Å². The molecule has 0 aliphatic carbocycles. The Morgan fingerprint density at radius 3 is 0.200 bits per heavy atom. The minimum absolute atomic E-state index is 0. The highest BCUT2D eigenvalue weighted by atomic mass is 127. The quantitative estimate of drug-likeness (QED) is 0.358. The summed E-state index contributed by atoms with van der Waals surface area (Å²) < 4.78 is 0. The Morgan fingerprint density at radius 1 is 0.200 bits per heavy atom. The van der Waals surface area contributed by atoms with Crippen LogP contribution in [0, 0.1) is 0 Å². The Bertz CT molecular complexity index is 0. The third kappa shape index (κ3) is 18.3. The first kappa shape index (κ1) is 38.0. The molecule has 0 atom stereocenters. The van der Waals surface area contributed by atoms with Gasteiger partial charge in [-0.1, -0.05) is 0 Å². The van der Waals surface area contributed by atoms with Gasteiger partial charge in [-0.25, -0.2) is 0 Å². The lowest BCUT2D eigenvalue weighted by molar-refractivity contribution is 14.0. The molecular weight excluding hydrogens is 635 g/mol. The Kier molecular flexibility index (Phi) is 193. The highest BCUT2D eigenvalue weighted by molar-refractivity contribution is 14.0. The first-order valence-corrected chi connectivity index (χ1v) is 0. The van der Waals surface area contributed by atoms with Crippen molar-refractivity contribution in [2.24, 2.45) is 0 Å². The van der Waals surface area contributed by atoms with E-state index in [2.05, 4.69) is 0 Å². The van der Waals surface area contributed by atoms with Crippen molar-refractivity contribution in [1.82, 2.24) is 0 Å². The number of hydrogen-bond acceptors (Lipinski definition) is 0. The third-order valence-electron chi connectivity index (χ3n) is 0. The van der Waals surface area contributed by atoms with Crippen LogP contribution >= 0.6 is 120 Å². The van der Waals surface area contributed by atoms with Crippen molar-refractivity contribution < 1.29 is 0 Å². The van der Waals surface area contributed by atoms with E-state index in [9.17, 15) is 0 Å². The highest BCUT2D eigenvalue weighted by Gasteiger charge is -0.103. The van der Waals surface area contributed by atoms with Gasteiger partial charge in [-0.15, -0.1) is 120 Å². The van der Waals surface area contributed by atoms with Crippen LogP contribution in [0.3, 0.4) is 0 Å². The zero-order valence-corrected chi connectivity index (χ0v) is 13.7. The van der Waals surface area contributed by atoms with Gasteiger partial charge in [0.05, 0.1) is 0 Å². The summed E-state index contributed by atoms with van der Waals surface area (Å²) in [7, 11) is 0. The summed E-state index contributed by atoms with van der Waals surface area (Å²) >= 11 is 0. The van der Waals surface area contributed by atoms with Gasteiger partial charge in [0.15, 0.2) is 0 Å². The zero-order chi connectivity index (χ0) is 0. The average molecular weight is 640 g/mol. The molecule has 5 heavy (non-hydrogen) atoms. The Labute approximate surface area is 117 Å². The van der Waals surface area contributed by atoms with Crippen molar-refractivity contribution in [3.8, 4) is 0 Å². The molecule has 0 nitrogen and oxygen atoms in total. The SMILES string of the molecule is I.I.I.I.I. The van der Waals surface area contributed by atoms with Gasteiger partial charge < -0.3 is 0 Å². The van der Waals surface area contributed by atoms with Crippen molar-refractivity contribution >= 4 is 120 Å². The lowest BCUT2D eigenvalue weighted by Gasteiger charge is -0.108. The van der Waals surface area contributed by atoms with Crippen LogP contribution in [0.1, 0.15) is 0 Å². The normalized spacial score (nSPS) is 0. The number of hydrogen-bond donors (Lipinski definition) is 0. The first-order chi connectivity index (χ1) is 0. The molecule has 0 saturated carbocycles. The summed E-state index contributed by atoms with van der Waals surface area (Å²) in [4.78, 5) is 0. The summed E-state index contributed by atoms with van der Waals surface area (Å²) in [5.74, 6) is 0. The summed E-state index contributed by atoms with van der Waals surface area (Å²) in [6, 6.07) is 0. The molecule has 0 radical (unpaired) electrons. The fourth-order valence-electron chi connectivity index (χ4n) is 0. The van der Waals surface area contributed by atoms with E-state index < -0.39 is 0 Å². The van der Waals surface area contributed by atoms with Gasteiger partial charge in [-0.2, -0.15) is 0 Å². The van der Waals surface area contributed by atoms with E-state index in [4.69, 9.17) is 0 Å². The van der Waals surface area contributed by atoms with E-state index in [1.54, 1.807) is 0 Å². The lowest BCUT2D eigenvalue weighted by atomic mass is 127. The van der Waals surface area contributed by atoms with Gasteiger partial charge in [0, 0.05) is 0 Å². The molecular formula is H5I5. The Morgan fingerprint density at radius 2 is 0.200 bits per heavy atom. The zero-order valence-electron chi connectivity index (χ0n) is 2.04. The maximum atomic E-state index is 0. The molecule has 0 spiro atoms.